The minimum Gasteiger partial charge on any atom is -0.370 e. The topological polar surface area (TPSA) is 99.7 Å². The molecule has 0 unspecified atom stereocenters. The zero-order valence-corrected chi connectivity index (χ0v) is 16.5. The van der Waals surface area contributed by atoms with Crippen molar-refractivity contribution in [1.82, 2.24) is 9.88 Å². The number of halogens is 3. The first-order valence-corrected chi connectivity index (χ1v) is 10.2. The van der Waals surface area contributed by atoms with Gasteiger partial charge < -0.3 is 10.2 Å². The van der Waals surface area contributed by atoms with Crippen LogP contribution in [0.1, 0.15) is 12.5 Å². The smallest absolute Gasteiger partial charge is 0.370 e. The Labute approximate surface area is 170 Å². The number of urea groups is 1. The molecule has 0 spiro atoms. The largest absolute Gasteiger partial charge is 0.501 e. The van der Waals surface area contributed by atoms with Gasteiger partial charge in [0.25, 0.3) is 15.7 Å². The third-order valence-electron chi connectivity index (χ3n) is 4.30. The lowest BCUT2D eigenvalue weighted by Gasteiger charge is -2.18. The molecule has 1 aromatic heterocycles. The first-order valence-electron chi connectivity index (χ1n) is 8.76. The lowest BCUT2D eigenvalue weighted by molar-refractivity contribution is -0.116. The predicted octanol–water partition coefficient (Wildman–Crippen LogP) is 2.78. The number of aromatic nitrogens is 1. The Morgan fingerprint density at radius 2 is 1.80 bits per heavy atom. The summed E-state index contributed by atoms with van der Waals surface area (Å²) in [7, 11) is -5.51. The van der Waals surface area contributed by atoms with E-state index < -0.39 is 32.2 Å². The number of alkyl halides is 3. The second-order valence-corrected chi connectivity index (χ2v) is 8.33. The Morgan fingerprint density at radius 3 is 2.40 bits per heavy atom. The molecule has 1 N–H and O–H groups in total. The quantitative estimate of drug-likeness (QED) is 0.691. The number of anilines is 2. The fourth-order valence-electron chi connectivity index (χ4n) is 2.91. The number of hydrogen-bond acceptors (Lipinski definition) is 6. The van der Waals surface area contributed by atoms with E-state index in [0.717, 1.165) is 22.6 Å². The van der Waals surface area contributed by atoms with E-state index in [-0.39, 0.29) is 18.8 Å². The van der Waals surface area contributed by atoms with Crippen molar-refractivity contribution in [3.8, 4) is 0 Å². The van der Waals surface area contributed by atoms with Gasteiger partial charge in [-0.2, -0.15) is 13.2 Å². The molecule has 2 aromatic rings. The molecule has 160 valence electrons. The zero-order chi connectivity index (χ0) is 22.1. The molecule has 8 nitrogen and oxygen atoms in total. The van der Waals surface area contributed by atoms with Gasteiger partial charge in [0.15, 0.2) is 0 Å². The minimum absolute atomic E-state index is 0.0170. The van der Waals surface area contributed by atoms with Gasteiger partial charge in [-0.15, -0.1) is 0 Å². The number of hydrogen-bond donors (Lipinski definition) is 1. The number of rotatable bonds is 6. The second-order valence-electron chi connectivity index (χ2n) is 6.39. The van der Waals surface area contributed by atoms with Crippen LogP contribution in [0.4, 0.5) is 29.5 Å². The number of nitrogens with one attached hydrogen (secondary N) is 1. The van der Waals surface area contributed by atoms with E-state index in [2.05, 4.69) is 10.3 Å². The van der Waals surface area contributed by atoms with E-state index in [1.54, 1.807) is 18.3 Å². The number of amides is 3. The molecular formula is C18H17F3N4O4S. The van der Waals surface area contributed by atoms with E-state index in [1.807, 2.05) is 6.92 Å². The molecule has 2 heterocycles. The lowest BCUT2D eigenvalue weighted by atomic mass is 10.2. The van der Waals surface area contributed by atoms with Crippen LogP contribution >= 0.6 is 0 Å². The molecule has 0 aliphatic carbocycles. The SMILES string of the molecule is CCNc1cc(CN2CC(=O)N(c3ccc(S(=O)(=O)C(F)(F)F)cc3)C2=O)ccn1. The Hall–Kier alpha value is -3.15. The van der Waals surface area contributed by atoms with Crippen molar-refractivity contribution in [3.63, 3.8) is 0 Å². The average Bonchev–Trinajstić information content (AvgIpc) is 2.95. The number of carbonyl (C=O) groups is 2. The first kappa shape index (κ1) is 21.6. The summed E-state index contributed by atoms with van der Waals surface area (Å²) in [6, 6.07) is 6.19. The van der Waals surface area contributed by atoms with Gasteiger partial charge in [-0.05, 0) is 48.9 Å². The fraction of sp³-hybridized carbons (Fsp3) is 0.278. The maximum Gasteiger partial charge on any atom is 0.501 e. The summed E-state index contributed by atoms with van der Waals surface area (Å²) in [5.41, 5.74) is -4.73. The van der Waals surface area contributed by atoms with Crippen LogP contribution in [0.25, 0.3) is 0 Å². The molecule has 0 bridgehead atoms. The monoisotopic (exact) mass is 442 g/mol. The molecule has 1 aliphatic heterocycles. The van der Waals surface area contributed by atoms with Crippen molar-refractivity contribution in [3.05, 3.63) is 48.2 Å². The van der Waals surface area contributed by atoms with Crippen molar-refractivity contribution in [2.24, 2.45) is 0 Å². The molecule has 1 fully saturated rings. The maximum absolute atomic E-state index is 12.7. The highest BCUT2D eigenvalue weighted by Gasteiger charge is 2.47. The van der Waals surface area contributed by atoms with E-state index in [0.29, 0.717) is 24.5 Å². The number of imide groups is 1. The standard InChI is InChI=1S/C18H17F3N4O4S/c1-2-22-15-9-12(7-8-23-15)10-24-11-16(26)25(17(24)27)13-3-5-14(6-4-13)30(28,29)18(19,20)21/h3-9H,2,10-11H2,1H3,(H,22,23). The molecular weight excluding hydrogens is 425 g/mol. The van der Waals surface area contributed by atoms with Crippen LogP contribution < -0.4 is 10.2 Å². The lowest BCUT2D eigenvalue weighted by Crippen LogP contribution is -2.32. The van der Waals surface area contributed by atoms with Crippen molar-refractivity contribution in [1.29, 1.82) is 0 Å². The molecule has 3 rings (SSSR count). The van der Waals surface area contributed by atoms with Crippen molar-refractivity contribution in [2.45, 2.75) is 23.9 Å². The van der Waals surface area contributed by atoms with Crippen molar-refractivity contribution < 1.29 is 31.2 Å². The number of carbonyl (C=O) groups excluding carboxylic acids is 2. The summed E-state index contributed by atoms with van der Waals surface area (Å²) >= 11 is 0. The Kier molecular flexibility index (Phi) is 5.70. The molecule has 1 saturated heterocycles. The van der Waals surface area contributed by atoms with E-state index in [1.165, 1.54) is 4.90 Å². The zero-order valence-electron chi connectivity index (χ0n) is 15.7. The third kappa shape index (κ3) is 4.08. The number of benzene rings is 1. The predicted molar refractivity (Wildman–Crippen MR) is 101 cm³/mol. The first-order chi connectivity index (χ1) is 14.0. The molecule has 0 saturated carbocycles. The maximum atomic E-state index is 12.7. The highest BCUT2D eigenvalue weighted by atomic mass is 32.2. The summed E-state index contributed by atoms with van der Waals surface area (Å²) in [5, 5.41) is 3.03. The molecule has 1 aliphatic rings. The Bertz CT molecular complexity index is 1070. The molecule has 30 heavy (non-hydrogen) atoms. The van der Waals surface area contributed by atoms with Gasteiger partial charge in [-0.1, -0.05) is 0 Å². The fourth-order valence-corrected chi connectivity index (χ4v) is 3.67. The number of sulfone groups is 1. The second kappa shape index (κ2) is 7.94. The summed E-state index contributed by atoms with van der Waals surface area (Å²) in [5.74, 6) is 0.0404. The van der Waals surface area contributed by atoms with Crippen molar-refractivity contribution in [2.75, 3.05) is 23.3 Å². The van der Waals surface area contributed by atoms with Crippen LogP contribution in [0.15, 0.2) is 47.5 Å². The van der Waals surface area contributed by atoms with Gasteiger partial charge in [0.2, 0.25) is 0 Å². The molecule has 12 heteroatoms. The van der Waals surface area contributed by atoms with Crippen LogP contribution in [-0.4, -0.2) is 48.8 Å². The van der Waals surface area contributed by atoms with Gasteiger partial charge in [-0.3, -0.25) is 4.79 Å². The summed E-state index contributed by atoms with van der Waals surface area (Å²) < 4.78 is 60.9. The third-order valence-corrected chi connectivity index (χ3v) is 5.81. The minimum atomic E-state index is -5.51. The highest BCUT2D eigenvalue weighted by Crippen LogP contribution is 2.32. The van der Waals surface area contributed by atoms with Crippen molar-refractivity contribution >= 4 is 33.3 Å². The van der Waals surface area contributed by atoms with Gasteiger partial charge >= 0.3 is 11.5 Å². The normalized spacial score (nSPS) is 15.1. The summed E-state index contributed by atoms with van der Waals surface area (Å²) in [6.45, 7) is 2.47. The summed E-state index contributed by atoms with van der Waals surface area (Å²) in [6.07, 6.45) is 1.56. The number of nitrogens with zero attached hydrogens (tertiary/aromatic N) is 3. The number of pyridine rings is 1. The average molecular weight is 442 g/mol. The molecule has 0 radical (unpaired) electrons. The highest BCUT2D eigenvalue weighted by molar-refractivity contribution is 7.92. The Morgan fingerprint density at radius 1 is 1.13 bits per heavy atom. The van der Waals surface area contributed by atoms with Crippen LogP contribution in [-0.2, 0) is 21.2 Å². The molecule has 3 amide bonds. The summed E-state index contributed by atoms with van der Waals surface area (Å²) in [4.78, 5) is 30.2. The Balaban J connectivity index is 1.79. The van der Waals surface area contributed by atoms with Gasteiger partial charge in [0.1, 0.15) is 12.4 Å². The van der Waals surface area contributed by atoms with Crippen LogP contribution in [0.3, 0.4) is 0 Å². The van der Waals surface area contributed by atoms with Gasteiger partial charge in [-0.25, -0.2) is 23.1 Å². The van der Waals surface area contributed by atoms with Gasteiger partial charge in [0, 0.05) is 19.3 Å². The van der Waals surface area contributed by atoms with Crippen LogP contribution in [0.2, 0.25) is 0 Å². The van der Waals surface area contributed by atoms with Gasteiger partial charge in [0.05, 0.1) is 10.6 Å². The molecule has 1 aromatic carbocycles. The van der Waals surface area contributed by atoms with E-state index in [4.69, 9.17) is 0 Å². The van der Waals surface area contributed by atoms with E-state index in [9.17, 15) is 31.2 Å². The van der Waals surface area contributed by atoms with Crippen LogP contribution in [0, 0.1) is 0 Å². The van der Waals surface area contributed by atoms with E-state index >= 15 is 0 Å². The molecule has 0 atom stereocenters. The van der Waals surface area contributed by atoms with Crippen LogP contribution in [0.5, 0.6) is 0 Å².